The average Bonchev–Trinajstić information content (AvgIpc) is 2.34. The molecule has 0 aliphatic heterocycles. The number of carbonyl (C=O) groups is 1. The van der Waals surface area contributed by atoms with Gasteiger partial charge in [0.25, 0.3) is 0 Å². The van der Waals surface area contributed by atoms with E-state index in [0.717, 1.165) is 17.4 Å². The number of rotatable bonds is 6. The molecule has 0 fully saturated rings. The molecule has 1 amide bonds. The Bertz CT molecular complexity index is 368. The van der Waals surface area contributed by atoms with Crippen LogP contribution in [0.2, 0.25) is 0 Å². The molecule has 0 spiro atoms. The Morgan fingerprint density at radius 2 is 2.24 bits per heavy atom. The minimum Gasteiger partial charge on any atom is -0.359 e. The van der Waals surface area contributed by atoms with E-state index in [9.17, 15) is 4.79 Å². The summed E-state index contributed by atoms with van der Waals surface area (Å²) in [4.78, 5) is 11.0. The summed E-state index contributed by atoms with van der Waals surface area (Å²) in [5.74, 6) is 0.0990. The molecular formula is C13H19BrN2O. The van der Waals surface area contributed by atoms with Gasteiger partial charge in [-0.25, -0.2) is 0 Å². The Morgan fingerprint density at radius 3 is 2.88 bits per heavy atom. The van der Waals surface area contributed by atoms with Gasteiger partial charge in [-0.05, 0) is 37.6 Å². The van der Waals surface area contributed by atoms with Crippen molar-refractivity contribution in [3.63, 3.8) is 0 Å². The second kappa shape index (κ2) is 7.45. The lowest BCUT2D eigenvalue weighted by molar-refractivity contribution is -0.120. The number of amides is 1. The summed E-state index contributed by atoms with van der Waals surface area (Å²) in [7, 11) is 1.67. The van der Waals surface area contributed by atoms with E-state index in [0.29, 0.717) is 12.5 Å². The van der Waals surface area contributed by atoms with Gasteiger partial charge in [0, 0.05) is 24.0 Å². The summed E-state index contributed by atoms with van der Waals surface area (Å²) in [6.45, 7) is 2.97. The van der Waals surface area contributed by atoms with Gasteiger partial charge in [-0.3, -0.25) is 4.79 Å². The molecule has 0 heterocycles. The molecule has 4 heteroatoms. The Morgan fingerprint density at radius 1 is 1.47 bits per heavy atom. The van der Waals surface area contributed by atoms with E-state index in [1.165, 1.54) is 5.56 Å². The molecule has 0 radical (unpaired) electrons. The van der Waals surface area contributed by atoms with Gasteiger partial charge in [0.05, 0.1) is 0 Å². The van der Waals surface area contributed by atoms with Gasteiger partial charge in [-0.15, -0.1) is 0 Å². The van der Waals surface area contributed by atoms with Crippen LogP contribution in [-0.4, -0.2) is 19.5 Å². The van der Waals surface area contributed by atoms with E-state index in [1.807, 2.05) is 12.1 Å². The highest BCUT2D eigenvalue weighted by atomic mass is 79.9. The van der Waals surface area contributed by atoms with Crippen molar-refractivity contribution in [3.8, 4) is 0 Å². The van der Waals surface area contributed by atoms with Crippen molar-refractivity contribution in [1.29, 1.82) is 0 Å². The molecule has 2 N–H and O–H groups in total. The number of benzene rings is 1. The molecular weight excluding hydrogens is 280 g/mol. The normalized spacial score (nSPS) is 12.2. The molecule has 0 unspecified atom stereocenters. The molecule has 0 saturated heterocycles. The lowest BCUT2D eigenvalue weighted by Gasteiger charge is -2.14. The van der Waals surface area contributed by atoms with Crippen LogP contribution in [-0.2, 0) is 4.79 Å². The zero-order chi connectivity index (χ0) is 12.7. The predicted molar refractivity (Wildman–Crippen MR) is 73.9 cm³/mol. The van der Waals surface area contributed by atoms with E-state index < -0.39 is 0 Å². The Kier molecular flexibility index (Phi) is 6.22. The van der Waals surface area contributed by atoms with E-state index >= 15 is 0 Å². The molecule has 0 saturated carbocycles. The van der Waals surface area contributed by atoms with E-state index in [4.69, 9.17) is 0 Å². The lowest BCUT2D eigenvalue weighted by atomic mass is 10.1. The van der Waals surface area contributed by atoms with Crippen LogP contribution >= 0.6 is 15.9 Å². The van der Waals surface area contributed by atoms with Crippen LogP contribution in [0.1, 0.15) is 31.4 Å². The fourth-order valence-corrected chi connectivity index (χ4v) is 2.00. The second-order valence-electron chi connectivity index (χ2n) is 4.01. The van der Waals surface area contributed by atoms with Gasteiger partial charge in [0.2, 0.25) is 5.91 Å². The average molecular weight is 299 g/mol. The fourth-order valence-electron chi connectivity index (χ4n) is 1.59. The van der Waals surface area contributed by atoms with E-state index in [2.05, 4.69) is 45.6 Å². The van der Waals surface area contributed by atoms with Gasteiger partial charge in [0.1, 0.15) is 0 Å². The highest BCUT2D eigenvalue weighted by molar-refractivity contribution is 9.10. The SMILES string of the molecule is CNC(=O)CCCN[C@@H](C)c1cccc(Br)c1. The summed E-state index contributed by atoms with van der Waals surface area (Å²) >= 11 is 3.46. The van der Waals surface area contributed by atoms with Gasteiger partial charge < -0.3 is 10.6 Å². The van der Waals surface area contributed by atoms with Crippen molar-refractivity contribution in [1.82, 2.24) is 10.6 Å². The predicted octanol–water partition coefficient (Wildman–Crippen LogP) is 2.63. The van der Waals surface area contributed by atoms with E-state index in [-0.39, 0.29) is 5.91 Å². The van der Waals surface area contributed by atoms with Crippen molar-refractivity contribution < 1.29 is 4.79 Å². The monoisotopic (exact) mass is 298 g/mol. The molecule has 0 aliphatic rings. The highest BCUT2D eigenvalue weighted by Gasteiger charge is 2.05. The van der Waals surface area contributed by atoms with Crippen LogP contribution in [0.4, 0.5) is 0 Å². The van der Waals surface area contributed by atoms with Crippen LogP contribution < -0.4 is 10.6 Å². The Labute approximate surface area is 111 Å². The molecule has 94 valence electrons. The molecule has 0 aromatic heterocycles. The topological polar surface area (TPSA) is 41.1 Å². The van der Waals surface area contributed by atoms with Gasteiger partial charge in [0.15, 0.2) is 0 Å². The van der Waals surface area contributed by atoms with Gasteiger partial charge in [-0.2, -0.15) is 0 Å². The summed E-state index contributed by atoms with van der Waals surface area (Å²) in [6.07, 6.45) is 1.44. The molecule has 1 aromatic carbocycles. The maximum atomic E-state index is 11.0. The first kappa shape index (κ1) is 14.2. The van der Waals surface area contributed by atoms with Crippen molar-refractivity contribution >= 4 is 21.8 Å². The second-order valence-corrected chi connectivity index (χ2v) is 4.92. The third-order valence-electron chi connectivity index (χ3n) is 2.66. The fraction of sp³-hybridized carbons (Fsp3) is 0.462. The molecule has 0 bridgehead atoms. The number of hydrogen-bond acceptors (Lipinski definition) is 2. The zero-order valence-corrected chi connectivity index (χ0v) is 11.9. The zero-order valence-electron chi connectivity index (χ0n) is 10.3. The summed E-state index contributed by atoms with van der Waals surface area (Å²) < 4.78 is 1.09. The third kappa shape index (κ3) is 5.33. The van der Waals surface area contributed by atoms with Crippen LogP contribution in [0.3, 0.4) is 0 Å². The largest absolute Gasteiger partial charge is 0.359 e. The molecule has 1 rings (SSSR count). The van der Waals surface area contributed by atoms with E-state index in [1.54, 1.807) is 7.05 Å². The number of carbonyl (C=O) groups excluding carboxylic acids is 1. The van der Waals surface area contributed by atoms with Crippen LogP contribution in [0.15, 0.2) is 28.7 Å². The summed E-state index contributed by atoms with van der Waals surface area (Å²) in [5, 5.41) is 6.02. The van der Waals surface area contributed by atoms with Crippen LogP contribution in [0.5, 0.6) is 0 Å². The standard InChI is InChI=1S/C13H19BrN2O/c1-10(11-5-3-6-12(14)9-11)16-8-4-7-13(17)15-2/h3,5-6,9-10,16H,4,7-8H2,1-2H3,(H,15,17)/t10-/m0/s1. The quantitative estimate of drug-likeness (QED) is 0.793. The Balaban J connectivity index is 2.30. The minimum atomic E-state index is 0.0990. The maximum Gasteiger partial charge on any atom is 0.219 e. The van der Waals surface area contributed by atoms with Crippen molar-refractivity contribution in [3.05, 3.63) is 34.3 Å². The first-order chi connectivity index (χ1) is 8.13. The smallest absolute Gasteiger partial charge is 0.219 e. The molecule has 17 heavy (non-hydrogen) atoms. The van der Waals surface area contributed by atoms with Gasteiger partial charge in [-0.1, -0.05) is 28.1 Å². The minimum absolute atomic E-state index is 0.0990. The lowest BCUT2D eigenvalue weighted by Crippen LogP contribution is -2.23. The summed E-state index contributed by atoms with van der Waals surface area (Å²) in [5.41, 5.74) is 1.25. The Hall–Kier alpha value is -0.870. The van der Waals surface area contributed by atoms with Crippen LogP contribution in [0.25, 0.3) is 0 Å². The maximum absolute atomic E-state index is 11.0. The number of halogens is 1. The first-order valence-corrected chi connectivity index (χ1v) is 6.62. The molecule has 1 atom stereocenters. The first-order valence-electron chi connectivity index (χ1n) is 5.83. The summed E-state index contributed by atoms with van der Waals surface area (Å²) in [6, 6.07) is 8.55. The number of nitrogens with one attached hydrogen (secondary N) is 2. The van der Waals surface area contributed by atoms with Crippen LogP contribution in [0, 0.1) is 0 Å². The third-order valence-corrected chi connectivity index (χ3v) is 3.15. The van der Waals surface area contributed by atoms with Crippen molar-refractivity contribution in [2.45, 2.75) is 25.8 Å². The highest BCUT2D eigenvalue weighted by Crippen LogP contribution is 2.17. The van der Waals surface area contributed by atoms with Gasteiger partial charge >= 0.3 is 0 Å². The van der Waals surface area contributed by atoms with Crippen molar-refractivity contribution in [2.24, 2.45) is 0 Å². The van der Waals surface area contributed by atoms with Crippen molar-refractivity contribution in [2.75, 3.05) is 13.6 Å². The molecule has 3 nitrogen and oxygen atoms in total. The number of hydrogen-bond donors (Lipinski definition) is 2. The molecule has 1 aromatic rings. The molecule has 0 aliphatic carbocycles.